The lowest BCUT2D eigenvalue weighted by molar-refractivity contribution is 0.515. The van der Waals surface area contributed by atoms with Gasteiger partial charge in [0.15, 0.2) is 0 Å². The lowest BCUT2D eigenvalue weighted by atomic mass is 10.3. The van der Waals surface area contributed by atoms with E-state index in [1.807, 2.05) is 0 Å². The van der Waals surface area contributed by atoms with Crippen molar-refractivity contribution in [2.24, 2.45) is 0 Å². The molecule has 0 saturated carbocycles. The van der Waals surface area contributed by atoms with E-state index in [-0.39, 0.29) is 0 Å². The van der Waals surface area contributed by atoms with Crippen molar-refractivity contribution >= 4 is 15.9 Å². The highest BCUT2D eigenvalue weighted by Crippen LogP contribution is 2.19. The maximum Gasteiger partial charge on any atom is 0.0458 e. The van der Waals surface area contributed by atoms with E-state index in [4.69, 9.17) is 0 Å². The van der Waals surface area contributed by atoms with Gasteiger partial charge in [-0.05, 0) is 22.0 Å². The molecule has 1 aromatic heterocycles. The Labute approximate surface area is 68.4 Å². The fourth-order valence-electron chi connectivity index (χ4n) is 1.28. The molecule has 0 aromatic carbocycles. The summed E-state index contributed by atoms with van der Waals surface area (Å²) in [7, 11) is 0. The molecule has 0 unspecified atom stereocenters. The van der Waals surface area contributed by atoms with E-state index in [1.54, 1.807) is 0 Å². The zero-order valence-corrected chi connectivity index (χ0v) is 7.19. The number of nitrogens with zero attached hydrogens (tertiary/aromatic N) is 1. The molecule has 0 radical (unpaired) electrons. The van der Waals surface area contributed by atoms with Crippen molar-refractivity contribution in [3.8, 4) is 0 Å². The normalized spacial score (nSPS) is 16.9. The number of hydrogen-bond acceptors (Lipinski definition) is 1. The molecule has 0 fully saturated rings. The number of fused-ring (bicyclic) bond motifs is 1. The van der Waals surface area contributed by atoms with Gasteiger partial charge < -0.3 is 9.88 Å². The molecule has 54 valence electrons. The third-order valence-electron chi connectivity index (χ3n) is 1.85. The monoisotopic (exact) mass is 200 g/mol. The van der Waals surface area contributed by atoms with Gasteiger partial charge in [-0.15, -0.1) is 0 Å². The zero-order valence-electron chi connectivity index (χ0n) is 5.60. The van der Waals surface area contributed by atoms with Gasteiger partial charge in [-0.2, -0.15) is 0 Å². The van der Waals surface area contributed by atoms with Crippen molar-refractivity contribution in [2.45, 2.75) is 13.1 Å². The summed E-state index contributed by atoms with van der Waals surface area (Å²) >= 11 is 3.49. The first-order valence-corrected chi connectivity index (χ1v) is 4.21. The molecule has 10 heavy (non-hydrogen) atoms. The molecule has 1 aromatic rings. The van der Waals surface area contributed by atoms with Crippen molar-refractivity contribution < 1.29 is 0 Å². The van der Waals surface area contributed by atoms with E-state index >= 15 is 0 Å². The Balaban J connectivity index is 2.45. The SMILES string of the molecule is Brc1ccn2c1CNCC2. The van der Waals surface area contributed by atoms with E-state index in [0.29, 0.717) is 0 Å². The topological polar surface area (TPSA) is 17.0 Å². The molecule has 3 heteroatoms. The summed E-state index contributed by atoms with van der Waals surface area (Å²) in [6, 6.07) is 2.10. The number of rotatable bonds is 0. The summed E-state index contributed by atoms with van der Waals surface area (Å²) in [5.41, 5.74) is 1.37. The van der Waals surface area contributed by atoms with Gasteiger partial charge in [0.05, 0.1) is 0 Å². The summed E-state index contributed by atoms with van der Waals surface area (Å²) in [5, 5.41) is 3.32. The van der Waals surface area contributed by atoms with E-state index in [0.717, 1.165) is 19.6 Å². The van der Waals surface area contributed by atoms with Gasteiger partial charge in [-0.1, -0.05) is 0 Å². The maximum absolute atomic E-state index is 3.49. The van der Waals surface area contributed by atoms with Crippen LogP contribution in [-0.2, 0) is 13.1 Å². The Kier molecular flexibility index (Phi) is 1.54. The first-order chi connectivity index (χ1) is 4.88. The summed E-state index contributed by atoms with van der Waals surface area (Å²) in [5.74, 6) is 0. The van der Waals surface area contributed by atoms with E-state index < -0.39 is 0 Å². The number of aromatic nitrogens is 1. The maximum atomic E-state index is 3.49. The second kappa shape index (κ2) is 2.40. The third-order valence-corrected chi connectivity index (χ3v) is 2.57. The fraction of sp³-hybridized carbons (Fsp3) is 0.429. The van der Waals surface area contributed by atoms with Gasteiger partial charge in [0, 0.05) is 36.0 Å². The molecule has 0 atom stereocenters. The standard InChI is InChI=1S/C7H9BrN2/c8-6-1-3-10-4-2-9-5-7(6)10/h1,3,9H,2,4-5H2. The highest BCUT2D eigenvalue weighted by Gasteiger charge is 2.09. The smallest absolute Gasteiger partial charge is 0.0458 e. The lowest BCUT2D eigenvalue weighted by Gasteiger charge is -2.16. The van der Waals surface area contributed by atoms with Crippen LogP contribution in [0.4, 0.5) is 0 Å². The van der Waals surface area contributed by atoms with Crippen molar-refractivity contribution in [3.63, 3.8) is 0 Å². The number of halogens is 1. The van der Waals surface area contributed by atoms with Crippen LogP contribution in [0.2, 0.25) is 0 Å². The lowest BCUT2D eigenvalue weighted by Crippen LogP contribution is -2.27. The molecule has 1 aliphatic rings. The Hall–Kier alpha value is -0.280. The van der Waals surface area contributed by atoms with Gasteiger partial charge >= 0.3 is 0 Å². The van der Waals surface area contributed by atoms with Crippen molar-refractivity contribution in [2.75, 3.05) is 6.54 Å². The van der Waals surface area contributed by atoms with Crippen molar-refractivity contribution in [1.82, 2.24) is 9.88 Å². The van der Waals surface area contributed by atoms with Crippen molar-refractivity contribution in [1.29, 1.82) is 0 Å². The van der Waals surface area contributed by atoms with Crippen LogP contribution in [-0.4, -0.2) is 11.1 Å². The molecule has 1 N–H and O–H groups in total. The molecule has 2 nitrogen and oxygen atoms in total. The van der Waals surface area contributed by atoms with Gasteiger partial charge in [-0.3, -0.25) is 0 Å². The summed E-state index contributed by atoms with van der Waals surface area (Å²) in [6.45, 7) is 3.18. The van der Waals surface area contributed by atoms with Crippen molar-refractivity contribution in [3.05, 3.63) is 22.4 Å². The summed E-state index contributed by atoms with van der Waals surface area (Å²) in [4.78, 5) is 0. The quantitative estimate of drug-likeness (QED) is 0.670. The molecular weight excluding hydrogens is 192 g/mol. The van der Waals surface area contributed by atoms with Crippen LogP contribution >= 0.6 is 15.9 Å². The molecule has 0 bridgehead atoms. The predicted molar refractivity (Wildman–Crippen MR) is 43.8 cm³/mol. The van der Waals surface area contributed by atoms with E-state index in [1.165, 1.54) is 10.2 Å². The molecule has 2 rings (SSSR count). The van der Waals surface area contributed by atoms with Gasteiger partial charge in [0.25, 0.3) is 0 Å². The minimum absolute atomic E-state index is 0.994. The van der Waals surface area contributed by atoms with Crippen LogP contribution in [0.25, 0.3) is 0 Å². The van der Waals surface area contributed by atoms with Crippen LogP contribution in [0.3, 0.4) is 0 Å². The molecule has 0 amide bonds. The Morgan fingerprint density at radius 2 is 2.50 bits per heavy atom. The minimum atomic E-state index is 0.994. The molecule has 0 spiro atoms. The first kappa shape index (κ1) is 6.43. The Bertz CT molecular complexity index is 242. The molecule has 1 aliphatic heterocycles. The van der Waals surface area contributed by atoms with Crippen LogP contribution in [0.15, 0.2) is 16.7 Å². The van der Waals surface area contributed by atoms with E-state index in [2.05, 4.69) is 38.1 Å². The first-order valence-electron chi connectivity index (χ1n) is 3.42. The van der Waals surface area contributed by atoms with E-state index in [9.17, 15) is 0 Å². The highest BCUT2D eigenvalue weighted by molar-refractivity contribution is 9.10. The average molecular weight is 201 g/mol. The number of nitrogens with one attached hydrogen (secondary N) is 1. The Morgan fingerprint density at radius 1 is 1.60 bits per heavy atom. The van der Waals surface area contributed by atoms with Gasteiger partial charge in [0.2, 0.25) is 0 Å². The van der Waals surface area contributed by atoms with Gasteiger partial charge in [-0.25, -0.2) is 0 Å². The number of hydrogen-bond donors (Lipinski definition) is 1. The summed E-state index contributed by atoms with van der Waals surface area (Å²) < 4.78 is 3.50. The second-order valence-electron chi connectivity index (χ2n) is 2.48. The predicted octanol–water partition coefficient (Wildman–Crippen LogP) is 1.35. The molecule has 2 heterocycles. The molecular formula is C7H9BrN2. The van der Waals surface area contributed by atoms with Crippen LogP contribution in [0.1, 0.15) is 5.69 Å². The summed E-state index contributed by atoms with van der Waals surface area (Å²) in [6.07, 6.45) is 2.13. The molecule has 0 aliphatic carbocycles. The molecule has 0 saturated heterocycles. The van der Waals surface area contributed by atoms with Crippen LogP contribution in [0.5, 0.6) is 0 Å². The zero-order chi connectivity index (χ0) is 6.97. The Morgan fingerprint density at radius 3 is 3.30 bits per heavy atom. The van der Waals surface area contributed by atoms with Crippen LogP contribution in [0, 0.1) is 0 Å². The fourth-order valence-corrected chi connectivity index (χ4v) is 1.77. The highest BCUT2D eigenvalue weighted by atomic mass is 79.9. The average Bonchev–Trinajstić information content (AvgIpc) is 2.34. The third kappa shape index (κ3) is 0.896. The largest absolute Gasteiger partial charge is 0.348 e. The van der Waals surface area contributed by atoms with Crippen LogP contribution < -0.4 is 5.32 Å². The van der Waals surface area contributed by atoms with Gasteiger partial charge in [0.1, 0.15) is 0 Å². The minimum Gasteiger partial charge on any atom is -0.348 e. The second-order valence-corrected chi connectivity index (χ2v) is 3.33.